The molecule has 0 fully saturated rings. The number of fused-ring (bicyclic) bond motifs is 1. The summed E-state index contributed by atoms with van der Waals surface area (Å²) in [6.07, 6.45) is -0.801. The van der Waals surface area contributed by atoms with Crippen LogP contribution in [-0.4, -0.2) is 51.2 Å². The van der Waals surface area contributed by atoms with Crippen LogP contribution in [0.1, 0.15) is 16.9 Å². The maximum atomic E-state index is 12.4. The third kappa shape index (κ3) is 3.97. The number of rotatable bonds is 5. The lowest BCUT2D eigenvalue weighted by Crippen LogP contribution is -2.43. The van der Waals surface area contributed by atoms with Crippen LogP contribution < -0.4 is 5.73 Å². The number of amides is 1. The van der Waals surface area contributed by atoms with Crippen molar-refractivity contribution < 1.29 is 15.0 Å². The molecule has 0 aliphatic carbocycles. The summed E-state index contributed by atoms with van der Waals surface area (Å²) in [7, 11) is 0. The first-order valence-corrected chi connectivity index (χ1v) is 6.55. The smallest absolute Gasteiger partial charge is 0.276 e. The third-order valence-corrected chi connectivity index (χ3v) is 3.19. The van der Waals surface area contributed by atoms with Crippen molar-refractivity contribution in [2.45, 2.75) is 12.5 Å². The third-order valence-electron chi connectivity index (χ3n) is 3.19. The lowest BCUT2D eigenvalue weighted by atomic mass is 10.2. The Morgan fingerprint density at radius 2 is 2.09 bits per heavy atom. The zero-order valence-corrected chi connectivity index (χ0v) is 12.6. The maximum Gasteiger partial charge on any atom is 0.276 e. The Morgan fingerprint density at radius 1 is 1.41 bits per heavy atom. The Balaban J connectivity index is 0.00000242. The SMILES string of the molecule is Cl.N=C(N)N(CCC(O)CO)C(=O)c1cc2ccccc2[nH]1. The van der Waals surface area contributed by atoms with Crippen LogP contribution in [0.4, 0.5) is 0 Å². The molecule has 1 atom stereocenters. The number of hydrogen-bond acceptors (Lipinski definition) is 4. The second-order valence-corrected chi connectivity index (χ2v) is 4.74. The Bertz CT molecular complexity index is 625. The van der Waals surface area contributed by atoms with Gasteiger partial charge in [0.2, 0.25) is 0 Å². The standard InChI is InChI=1S/C14H18N4O3.ClH/c15-14(16)18(6-5-10(20)8-19)13(21)12-7-9-3-1-2-4-11(9)17-12;/h1-4,7,10,17,19-20H,5-6,8H2,(H3,15,16);1H. The fraction of sp³-hybridized carbons (Fsp3) is 0.286. The number of benzene rings is 1. The number of para-hydroxylation sites is 1. The number of nitrogens with two attached hydrogens (primary N) is 1. The molecule has 1 amide bonds. The predicted octanol–water partition coefficient (Wildman–Crippen LogP) is 0.669. The number of aromatic amines is 1. The van der Waals surface area contributed by atoms with Gasteiger partial charge in [0.15, 0.2) is 5.96 Å². The number of aromatic nitrogens is 1. The van der Waals surface area contributed by atoms with Gasteiger partial charge in [-0.15, -0.1) is 12.4 Å². The van der Waals surface area contributed by atoms with Gasteiger partial charge in [0, 0.05) is 17.4 Å². The minimum atomic E-state index is -0.942. The van der Waals surface area contributed by atoms with Crippen molar-refractivity contribution in [2.75, 3.05) is 13.2 Å². The Labute approximate surface area is 133 Å². The Morgan fingerprint density at radius 3 is 2.68 bits per heavy atom. The first kappa shape index (κ1) is 18.0. The molecule has 1 heterocycles. The fourth-order valence-corrected chi connectivity index (χ4v) is 2.03. The molecule has 0 aliphatic rings. The summed E-state index contributed by atoms with van der Waals surface area (Å²) in [4.78, 5) is 16.4. The average molecular weight is 327 g/mol. The van der Waals surface area contributed by atoms with E-state index in [9.17, 15) is 9.90 Å². The largest absolute Gasteiger partial charge is 0.394 e. The molecule has 6 N–H and O–H groups in total. The highest BCUT2D eigenvalue weighted by atomic mass is 35.5. The van der Waals surface area contributed by atoms with Crippen molar-refractivity contribution in [3.8, 4) is 0 Å². The second-order valence-electron chi connectivity index (χ2n) is 4.74. The number of guanidine groups is 1. The molecule has 0 saturated carbocycles. The molecule has 0 saturated heterocycles. The van der Waals surface area contributed by atoms with Crippen LogP contribution in [0.15, 0.2) is 30.3 Å². The average Bonchev–Trinajstić information content (AvgIpc) is 2.90. The molecule has 8 heteroatoms. The summed E-state index contributed by atoms with van der Waals surface area (Å²) < 4.78 is 0. The van der Waals surface area contributed by atoms with E-state index in [2.05, 4.69) is 4.98 Å². The zero-order chi connectivity index (χ0) is 15.4. The van der Waals surface area contributed by atoms with Gasteiger partial charge >= 0.3 is 0 Å². The van der Waals surface area contributed by atoms with Crippen molar-refractivity contribution in [1.29, 1.82) is 5.41 Å². The number of carbonyl (C=O) groups is 1. The van der Waals surface area contributed by atoms with Crippen LogP contribution in [0.25, 0.3) is 10.9 Å². The predicted molar refractivity (Wildman–Crippen MR) is 86.2 cm³/mol. The van der Waals surface area contributed by atoms with Gasteiger partial charge in [-0.1, -0.05) is 18.2 Å². The van der Waals surface area contributed by atoms with Crippen molar-refractivity contribution >= 4 is 35.2 Å². The minimum Gasteiger partial charge on any atom is -0.394 e. The van der Waals surface area contributed by atoms with Gasteiger partial charge in [0.05, 0.1) is 12.7 Å². The normalized spacial score (nSPS) is 11.7. The second kappa shape index (κ2) is 7.79. The molecule has 1 aromatic heterocycles. The number of halogens is 1. The maximum absolute atomic E-state index is 12.4. The van der Waals surface area contributed by atoms with Crippen molar-refractivity contribution in [2.24, 2.45) is 5.73 Å². The lowest BCUT2D eigenvalue weighted by molar-refractivity contribution is 0.0715. The van der Waals surface area contributed by atoms with E-state index in [1.807, 2.05) is 24.3 Å². The highest BCUT2D eigenvalue weighted by Gasteiger charge is 2.21. The number of carbonyl (C=O) groups excluding carboxylic acids is 1. The first-order valence-electron chi connectivity index (χ1n) is 6.55. The summed E-state index contributed by atoms with van der Waals surface area (Å²) >= 11 is 0. The molecule has 120 valence electrons. The van der Waals surface area contributed by atoms with Crippen LogP contribution in [-0.2, 0) is 0 Å². The molecule has 0 bridgehead atoms. The van der Waals surface area contributed by atoms with Crippen molar-refractivity contribution in [1.82, 2.24) is 9.88 Å². The van der Waals surface area contributed by atoms with E-state index in [-0.39, 0.29) is 25.4 Å². The topological polar surface area (TPSA) is 126 Å². The van der Waals surface area contributed by atoms with E-state index in [1.54, 1.807) is 6.07 Å². The zero-order valence-electron chi connectivity index (χ0n) is 11.8. The molecule has 1 unspecified atom stereocenters. The Hall–Kier alpha value is -2.09. The number of aliphatic hydroxyl groups is 2. The Kier molecular flexibility index (Phi) is 6.36. The van der Waals surface area contributed by atoms with Crippen LogP contribution in [0.5, 0.6) is 0 Å². The minimum absolute atomic E-state index is 0. The van der Waals surface area contributed by atoms with Crippen molar-refractivity contribution in [3.05, 3.63) is 36.0 Å². The number of aliphatic hydroxyl groups excluding tert-OH is 2. The van der Waals surface area contributed by atoms with Crippen molar-refractivity contribution in [3.63, 3.8) is 0 Å². The summed E-state index contributed by atoms with van der Waals surface area (Å²) in [5, 5.41) is 26.5. The molecular weight excluding hydrogens is 308 g/mol. The number of hydrogen-bond donors (Lipinski definition) is 5. The number of H-pyrrole nitrogens is 1. The molecule has 0 aliphatic heterocycles. The number of nitrogens with one attached hydrogen (secondary N) is 2. The molecule has 7 nitrogen and oxygen atoms in total. The molecule has 0 spiro atoms. The van der Waals surface area contributed by atoms with E-state index in [4.69, 9.17) is 16.2 Å². The summed E-state index contributed by atoms with van der Waals surface area (Å²) in [6, 6.07) is 9.13. The van der Waals surface area contributed by atoms with E-state index in [0.29, 0.717) is 5.69 Å². The van der Waals surface area contributed by atoms with Crippen LogP contribution >= 0.6 is 12.4 Å². The van der Waals surface area contributed by atoms with Crippen LogP contribution in [0.2, 0.25) is 0 Å². The van der Waals surface area contributed by atoms with Gasteiger partial charge in [-0.3, -0.25) is 15.1 Å². The van der Waals surface area contributed by atoms with E-state index in [0.717, 1.165) is 15.8 Å². The molecule has 2 aromatic rings. The molecular formula is C14H19ClN4O3. The fourth-order valence-electron chi connectivity index (χ4n) is 2.03. The monoisotopic (exact) mass is 326 g/mol. The van der Waals surface area contributed by atoms with E-state index < -0.39 is 24.6 Å². The van der Waals surface area contributed by atoms with Gasteiger partial charge in [-0.25, -0.2) is 0 Å². The van der Waals surface area contributed by atoms with Gasteiger partial charge < -0.3 is 20.9 Å². The lowest BCUT2D eigenvalue weighted by Gasteiger charge is -2.21. The van der Waals surface area contributed by atoms with E-state index in [1.165, 1.54) is 0 Å². The van der Waals surface area contributed by atoms with Crippen LogP contribution in [0.3, 0.4) is 0 Å². The number of nitrogens with zero attached hydrogens (tertiary/aromatic N) is 1. The summed E-state index contributed by atoms with van der Waals surface area (Å²) in [6.45, 7) is -0.336. The molecule has 0 radical (unpaired) electrons. The quantitative estimate of drug-likeness (QED) is 0.409. The molecule has 22 heavy (non-hydrogen) atoms. The van der Waals surface area contributed by atoms with Crippen LogP contribution in [0, 0.1) is 5.41 Å². The summed E-state index contributed by atoms with van der Waals surface area (Å²) in [5.41, 5.74) is 6.57. The van der Waals surface area contributed by atoms with Gasteiger partial charge in [-0.2, -0.15) is 0 Å². The van der Waals surface area contributed by atoms with Gasteiger partial charge in [0.1, 0.15) is 5.69 Å². The molecule has 2 rings (SSSR count). The molecule has 1 aromatic carbocycles. The summed E-state index contributed by atoms with van der Waals surface area (Å²) in [5.74, 6) is -0.840. The first-order chi connectivity index (χ1) is 10.0. The van der Waals surface area contributed by atoms with Gasteiger partial charge in [-0.05, 0) is 18.6 Å². The van der Waals surface area contributed by atoms with E-state index >= 15 is 0 Å². The van der Waals surface area contributed by atoms with Gasteiger partial charge in [0.25, 0.3) is 5.91 Å². The highest BCUT2D eigenvalue weighted by Crippen LogP contribution is 2.16. The highest BCUT2D eigenvalue weighted by molar-refractivity contribution is 6.05.